The fraction of sp³-hybridized carbons (Fsp3) is 0.211. The summed E-state index contributed by atoms with van der Waals surface area (Å²) in [6.45, 7) is 1.91. The van der Waals surface area contributed by atoms with E-state index >= 15 is 0 Å². The van der Waals surface area contributed by atoms with Crippen LogP contribution in [0.25, 0.3) is 22.0 Å². The first-order valence-corrected chi connectivity index (χ1v) is 7.46. The number of pyridine rings is 1. The van der Waals surface area contributed by atoms with Gasteiger partial charge in [-0.2, -0.15) is 0 Å². The second-order valence-electron chi connectivity index (χ2n) is 5.90. The number of aromatic nitrogens is 1. The summed E-state index contributed by atoms with van der Waals surface area (Å²) in [5, 5.41) is 1.16. The van der Waals surface area contributed by atoms with Gasteiger partial charge in [-0.15, -0.1) is 0 Å². The predicted molar refractivity (Wildman–Crippen MR) is 86.7 cm³/mol. The molecule has 1 heterocycles. The van der Waals surface area contributed by atoms with Crippen LogP contribution in [-0.4, -0.2) is 4.98 Å². The van der Waals surface area contributed by atoms with E-state index in [4.69, 9.17) is 0 Å². The first-order valence-electron chi connectivity index (χ1n) is 7.46. The van der Waals surface area contributed by atoms with Crippen molar-refractivity contribution < 1.29 is 0 Å². The van der Waals surface area contributed by atoms with E-state index in [2.05, 4.69) is 35.3 Å². The van der Waals surface area contributed by atoms with Crippen LogP contribution in [0.4, 0.5) is 0 Å². The minimum absolute atomic E-state index is 0.000486. The Bertz CT molecular complexity index is 873. The number of hydrogen-bond donors (Lipinski definition) is 1. The van der Waals surface area contributed by atoms with Gasteiger partial charge in [-0.1, -0.05) is 36.4 Å². The van der Waals surface area contributed by atoms with Gasteiger partial charge in [-0.3, -0.25) is 4.79 Å². The third-order valence-corrected chi connectivity index (χ3v) is 4.39. The van der Waals surface area contributed by atoms with Crippen molar-refractivity contribution in [1.82, 2.24) is 4.98 Å². The van der Waals surface area contributed by atoms with Gasteiger partial charge in [0.1, 0.15) is 0 Å². The third-order valence-electron chi connectivity index (χ3n) is 4.39. The Hall–Kier alpha value is -2.35. The molecule has 1 aromatic heterocycles. The van der Waals surface area contributed by atoms with Crippen LogP contribution >= 0.6 is 0 Å². The fourth-order valence-electron chi connectivity index (χ4n) is 3.06. The van der Waals surface area contributed by atoms with Crippen LogP contribution in [0, 0.1) is 6.92 Å². The van der Waals surface area contributed by atoms with Crippen molar-refractivity contribution in [2.45, 2.75) is 25.7 Å². The highest BCUT2D eigenvalue weighted by Crippen LogP contribution is 2.41. The topological polar surface area (TPSA) is 32.9 Å². The molecule has 1 fully saturated rings. The molecule has 21 heavy (non-hydrogen) atoms. The molecule has 1 N–H and O–H groups in total. The Morgan fingerprint density at radius 2 is 1.81 bits per heavy atom. The average Bonchev–Trinajstić information content (AvgIpc) is 3.34. The molecular weight excluding hydrogens is 258 g/mol. The van der Waals surface area contributed by atoms with Gasteiger partial charge in [0, 0.05) is 16.5 Å². The number of nitrogens with one attached hydrogen (secondary N) is 1. The molecule has 104 valence electrons. The van der Waals surface area contributed by atoms with Crippen molar-refractivity contribution in [3.05, 3.63) is 70.0 Å². The number of benzene rings is 2. The van der Waals surface area contributed by atoms with E-state index in [1.165, 1.54) is 18.4 Å². The van der Waals surface area contributed by atoms with Gasteiger partial charge in [0.15, 0.2) is 0 Å². The molecule has 0 spiro atoms. The predicted octanol–water partition coefficient (Wildman–Crippen LogP) is 4.38. The van der Waals surface area contributed by atoms with Crippen LogP contribution in [-0.2, 0) is 0 Å². The summed E-state index contributed by atoms with van der Waals surface area (Å²) in [5.41, 5.74) is 5.29. The zero-order valence-corrected chi connectivity index (χ0v) is 12.0. The van der Waals surface area contributed by atoms with E-state index in [0.717, 1.165) is 27.6 Å². The van der Waals surface area contributed by atoms with Crippen LogP contribution in [0.15, 0.2) is 53.3 Å². The van der Waals surface area contributed by atoms with Crippen molar-refractivity contribution in [2.24, 2.45) is 0 Å². The Kier molecular flexibility index (Phi) is 2.71. The maximum atomic E-state index is 12.2. The zero-order chi connectivity index (χ0) is 14.4. The molecule has 0 atom stereocenters. The van der Waals surface area contributed by atoms with E-state index in [-0.39, 0.29) is 5.56 Å². The van der Waals surface area contributed by atoms with Crippen LogP contribution in [0.5, 0.6) is 0 Å². The standard InChI is InChI=1S/C19H17NO/c1-12-18(14-5-3-2-4-6-14)16-11-15(13-7-8-13)9-10-17(16)20-19(12)21/h2-6,9-11,13H,7-8H2,1H3,(H,20,21). The maximum Gasteiger partial charge on any atom is 0.251 e. The molecule has 0 amide bonds. The Balaban J connectivity index is 2.08. The summed E-state index contributed by atoms with van der Waals surface area (Å²) in [6, 6.07) is 16.7. The number of aromatic amines is 1. The van der Waals surface area contributed by atoms with Crippen LogP contribution in [0.1, 0.15) is 29.9 Å². The van der Waals surface area contributed by atoms with Crippen molar-refractivity contribution in [1.29, 1.82) is 0 Å². The average molecular weight is 275 g/mol. The van der Waals surface area contributed by atoms with Gasteiger partial charge < -0.3 is 4.98 Å². The maximum absolute atomic E-state index is 12.2. The molecule has 0 radical (unpaired) electrons. The van der Waals surface area contributed by atoms with E-state index < -0.39 is 0 Å². The number of fused-ring (bicyclic) bond motifs is 1. The lowest BCUT2D eigenvalue weighted by Crippen LogP contribution is -2.11. The summed E-state index contributed by atoms with van der Waals surface area (Å²) in [5.74, 6) is 0.713. The van der Waals surface area contributed by atoms with Crippen LogP contribution in [0.2, 0.25) is 0 Å². The van der Waals surface area contributed by atoms with E-state index in [1.807, 2.05) is 25.1 Å². The zero-order valence-electron chi connectivity index (χ0n) is 12.0. The van der Waals surface area contributed by atoms with Crippen LogP contribution < -0.4 is 5.56 Å². The normalized spacial score (nSPS) is 14.5. The molecule has 1 aliphatic rings. The highest BCUT2D eigenvalue weighted by atomic mass is 16.1. The monoisotopic (exact) mass is 275 g/mol. The summed E-state index contributed by atoms with van der Waals surface area (Å²) < 4.78 is 0. The first-order chi connectivity index (χ1) is 10.2. The molecule has 2 heteroatoms. The van der Waals surface area contributed by atoms with Gasteiger partial charge in [0.25, 0.3) is 5.56 Å². The van der Waals surface area contributed by atoms with E-state index in [1.54, 1.807) is 0 Å². The quantitative estimate of drug-likeness (QED) is 0.739. The molecule has 2 aromatic carbocycles. The Morgan fingerprint density at radius 1 is 1.05 bits per heavy atom. The molecule has 4 rings (SSSR count). The summed E-state index contributed by atoms with van der Waals surface area (Å²) in [7, 11) is 0. The van der Waals surface area contributed by atoms with Gasteiger partial charge in [-0.25, -0.2) is 0 Å². The Labute approximate surface area is 123 Å². The van der Waals surface area contributed by atoms with Gasteiger partial charge in [0.2, 0.25) is 0 Å². The number of rotatable bonds is 2. The molecule has 2 nitrogen and oxygen atoms in total. The van der Waals surface area contributed by atoms with Gasteiger partial charge in [-0.05, 0) is 54.5 Å². The Morgan fingerprint density at radius 3 is 2.52 bits per heavy atom. The van der Waals surface area contributed by atoms with Crippen molar-refractivity contribution in [3.63, 3.8) is 0 Å². The van der Waals surface area contributed by atoms with Crippen molar-refractivity contribution in [2.75, 3.05) is 0 Å². The van der Waals surface area contributed by atoms with Crippen molar-refractivity contribution in [3.8, 4) is 11.1 Å². The van der Waals surface area contributed by atoms with E-state index in [0.29, 0.717) is 5.92 Å². The second-order valence-corrected chi connectivity index (χ2v) is 5.90. The number of H-pyrrole nitrogens is 1. The summed E-state index contributed by atoms with van der Waals surface area (Å²) >= 11 is 0. The fourth-order valence-corrected chi connectivity index (χ4v) is 3.06. The largest absolute Gasteiger partial charge is 0.322 e. The van der Waals surface area contributed by atoms with Crippen LogP contribution in [0.3, 0.4) is 0 Å². The second kappa shape index (κ2) is 4.59. The first kappa shape index (κ1) is 12.4. The molecule has 1 saturated carbocycles. The molecule has 0 aliphatic heterocycles. The third kappa shape index (κ3) is 2.07. The van der Waals surface area contributed by atoms with Crippen molar-refractivity contribution >= 4 is 10.9 Å². The lowest BCUT2D eigenvalue weighted by atomic mass is 9.95. The molecule has 0 bridgehead atoms. The lowest BCUT2D eigenvalue weighted by Gasteiger charge is -2.11. The highest BCUT2D eigenvalue weighted by Gasteiger charge is 2.24. The molecular formula is C19H17NO. The summed E-state index contributed by atoms with van der Waals surface area (Å²) in [4.78, 5) is 15.2. The smallest absolute Gasteiger partial charge is 0.251 e. The molecule has 0 unspecified atom stereocenters. The number of hydrogen-bond acceptors (Lipinski definition) is 1. The minimum atomic E-state index is 0.000486. The molecule has 3 aromatic rings. The highest BCUT2D eigenvalue weighted by molar-refractivity contribution is 5.96. The molecule has 1 aliphatic carbocycles. The van der Waals surface area contributed by atoms with Gasteiger partial charge >= 0.3 is 0 Å². The van der Waals surface area contributed by atoms with E-state index in [9.17, 15) is 4.79 Å². The molecule has 0 saturated heterocycles. The summed E-state index contributed by atoms with van der Waals surface area (Å²) in [6.07, 6.45) is 2.57. The SMILES string of the molecule is Cc1c(-c2ccccc2)c2cc(C3CC3)ccc2[nH]c1=O. The van der Waals surface area contributed by atoms with Gasteiger partial charge in [0.05, 0.1) is 0 Å². The minimum Gasteiger partial charge on any atom is -0.322 e. The lowest BCUT2D eigenvalue weighted by molar-refractivity contribution is 1.13.